The van der Waals surface area contributed by atoms with Crippen molar-refractivity contribution in [2.24, 2.45) is 0 Å². The highest BCUT2D eigenvalue weighted by Crippen LogP contribution is 2.19. The monoisotopic (exact) mass is 262 g/mol. The molecule has 1 unspecified atom stereocenters. The van der Waals surface area contributed by atoms with Crippen molar-refractivity contribution >= 4 is 18.0 Å². The molecule has 1 aromatic carbocycles. The van der Waals surface area contributed by atoms with Crippen LogP contribution in [-0.4, -0.2) is 18.4 Å². The summed E-state index contributed by atoms with van der Waals surface area (Å²) in [7, 11) is 0. The smallest absolute Gasteiger partial charge is 0.226 e. The van der Waals surface area contributed by atoms with Crippen LogP contribution in [0, 0.1) is 0 Å². The van der Waals surface area contributed by atoms with Gasteiger partial charge in [0.05, 0.1) is 0 Å². The lowest BCUT2D eigenvalue weighted by Gasteiger charge is -2.16. The zero-order valence-electron chi connectivity index (χ0n) is 11.8. The van der Waals surface area contributed by atoms with Crippen LogP contribution in [0.5, 0.6) is 0 Å². The predicted octanol–water partition coefficient (Wildman–Crippen LogP) is 2.66. The number of hydrogen-bond donors (Lipinski definition) is 2. The van der Waals surface area contributed by atoms with Crippen LogP contribution in [0.3, 0.4) is 0 Å². The van der Waals surface area contributed by atoms with Crippen molar-refractivity contribution in [3.63, 3.8) is 0 Å². The molecule has 0 aromatic heterocycles. The second-order valence-corrected chi connectivity index (χ2v) is 5.05. The summed E-state index contributed by atoms with van der Waals surface area (Å²) in [5.74, 6) is 0.259. The van der Waals surface area contributed by atoms with E-state index in [0.717, 1.165) is 5.69 Å². The largest absolute Gasteiger partial charge is 0.383 e. The maximum absolute atomic E-state index is 11.2. The van der Waals surface area contributed by atoms with Crippen molar-refractivity contribution in [3.05, 3.63) is 29.8 Å². The number of carbonyl (C=O) groups is 2. The first-order valence-electron chi connectivity index (χ1n) is 6.62. The third kappa shape index (κ3) is 5.55. The minimum atomic E-state index is -0.236. The first kappa shape index (κ1) is 15.2. The van der Waals surface area contributed by atoms with Crippen LogP contribution in [0.1, 0.15) is 45.1 Å². The van der Waals surface area contributed by atoms with Crippen LogP contribution in [0.4, 0.5) is 5.69 Å². The van der Waals surface area contributed by atoms with E-state index in [4.69, 9.17) is 0 Å². The molecule has 0 bridgehead atoms. The standard InChI is InChI=1S/C15H22N2O2/c1-11(2)13-5-4-6-14(9-13)17-12(3)7-8-15(19)16-10-18/h4-6,9-12,17H,7-8H2,1-3H3,(H,16,18,19). The first-order chi connectivity index (χ1) is 9.02. The van der Waals surface area contributed by atoms with Crippen LogP contribution in [0.2, 0.25) is 0 Å². The Morgan fingerprint density at radius 2 is 2.05 bits per heavy atom. The molecule has 19 heavy (non-hydrogen) atoms. The molecule has 0 fully saturated rings. The average Bonchev–Trinajstić information content (AvgIpc) is 2.37. The zero-order chi connectivity index (χ0) is 14.3. The molecule has 2 N–H and O–H groups in total. The van der Waals surface area contributed by atoms with Gasteiger partial charge in [0.1, 0.15) is 0 Å². The van der Waals surface area contributed by atoms with E-state index >= 15 is 0 Å². The minimum Gasteiger partial charge on any atom is -0.383 e. The lowest BCUT2D eigenvalue weighted by molar-refractivity contribution is -0.125. The molecule has 0 saturated carbocycles. The summed E-state index contributed by atoms with van der Waals surface area (Å²) in [5.41, 5.74) is 2.35. The highest BCUT2D eigenvalue weighted by molar-refractivity contribution is 5.85. The number of anilines is 1. The number of hydrogen-bond acceptors (Lipinski definition) is 3. The number of imide groups is 1. The molecule has 0 aliphatic rings. The van der Waals surface area contributed by atoms with Gasteiger partial charge in [0.25, 0.3) is 0 Å². The van der Waals surface area contributed by atoms with Gasteiger partial charge in [-0.3, -0.25) is 14.9 Å². The van der Waals surface area contributed by atoms with Crippen molar-refractivity contribution in [1.82, 2.24) is 5.32 Å². The SMILES string of the molecule is CC(CCC(=O)NC=O)Nc1cccc(C(C)C)c1. The summed E-state index contributed by atoms with van der Waals surface area (Å²) < 4.78 is 0. The van der Waals surface area contributed by atoms with E-state index in [-0.39, 0.29) is 11.9 Å². The van der Waals surface area contributed by atoms with Crippen LogP contribution in [0.15, 0.2) is 24.3 Å². The third-order valence-electron chi connectivity index (χ3n) is 2.99. The number of benzene rings is 1. The lowest BCUT2D eigenvalue weighted by atomic mass is 10.0. The summed E-state index contributed by atoms with van der Waals surface area (Å²) in [5, 5.41) is 5.51. The molecule has 0 aliphatic carbocycles. The summed E-state index contributed by atoms with van der Waals surface area (Å²) >= 11 is 0. The van der Waals surface area contributed by atoms with E-state index in [1.807, 2.05) is 19.1 Å². The highest BCUT2D eigenvalue weighted by Gasteiger charge is 2.07. The zero-order valence-corrected chi connectivity index (χ0v) is 11.8. The second kappa shape index (κ2) is 7.56. The van der Waals surface area contributed by atoms with Gasteiger partial charge >= 0.3 is 0 Å². The van der Waals surface area contributed by atoms with Gasteiger partial charge in [-0.2, -0.15) is 0 Å². The molecular weight excluding hydrogens is 240 g/mol. The van der Waals surface area contributed by atoms with Crippen molar-refractivity contribution in [1.29, 1.82) is 0 Å². The third-order valence-corrected chi connectivity index (χ3v) is 2.99. The van der Waals surface area contributed by atoms with Crippen molar-refractivity contribution in [2.75, 3.05) is 5.32 Å². The fourth-order valence-electron chi connectivity index (χ4n) is 1.83. The molecule has 4 heteroatoms. The first-order valence-corrected chi connectivity index (χ1v) is 6.62. The van der Waals surface area contributed by atoms with Gasteiger partial charge < -0.3 is 5.32 Å². The molecule has 4 nitrogen and oxygen atoms in total. The van der Waals surface area contributed by atoms with Gasteiger partial charge in [-0.25, -0.2) is 0 Å². The van der Waals surface area contributed by atoms with Gasteiger partial charge in [0, 0.05) is 18.2 Å². The Morgan fingerprint density at radius 3 is 2.68 bits per heavy atom. The number of nitrogens with one attached hydrogen (secondary N) is 2. The lowest BCUT2D eigenvalue weighted by Crippen LogP contribution is -2.24. The fourth-order valence-corrected chi connectivity index (χ4v) is 1.83. The molecule has 0 spiro atoms. The second-order valence-electron chi connectivity index (χ2n) is 5.05. The molecule has 0 saturated heterocycles. The maximum atomic E-state index is 11.2. The normalized spacial score (nSPS) is 12.0. The maximum Gasteiger partial charge on any atom is 0.226 e. The predicted molar refractivity (Wildman–Crippen MR) is 77.1 cm³/mol. The van der Waals surface area contributed by atoms with E-state index in [1.165, 1.54) is 5.56 Å². The van der Waals surface area contributed by atoms with Crippen LogP contribution in [-0.2, 0) is 9.59 Å². The Bertz CT molecular complexity index is 430. The Hall–Kier alpha value is -1.84. The number of rotatable bonds is 7. The summed E-state index contributed by atoms with van der Waals surface area (Å²) in [4.78, 5) is 21.3. The van der Waals surface area contributed by atoms with Crippen molar-refractivity contribution in [2.45, 2.75) is 45.6 Å². The topological polar surface area (TPSA) is 58.2 Å². The Kier molecular flexibility index (Phi) is 6.06. The molecule has 0 heterocycles. The van der Waals surface area contributed by atoms with Gasteiger partial charge in [-0.05, 0) is 37.0 Å². The molecular formula is C15H22N2O2. The van der Waals surface area contributed by atoms with Crippen molar-refractivity contribution < 1.29 is 9.59 Å². The van der Waals surface area contributed by atoms with Crippen molar-refractivity contribution in [3.8, 4) is 0 Å². The highest BCUT2D eigenvalue weighted by atomic mass is 16.2. The molecule has 1 atom stereocenters. The Labute approximate surface area is 114 Å². The van der Waals surface area contributed by atoms with E-state index in [9.17, 15) is 9.59 Å². The van der Waals surface area contributed by atoms with Gasteiger partial charge in [0.2, 0.25) is 12.3 Å². The van der Waals surface area contributed by atoms with Crippen LogP contribution < -0.4 is 10.6 Å². The molecule has 104 valence electrons. The molecule has 0 radical (unpaired) electrons. The van der Waals surface area contributed by atoms with E-state index < -0.39 is 0 Å². The van der Waals surface area contributed by atoms with Gasteiger partial charge in [0.15, 0.2) is 0 Å². The Morgan fingerprint density at radius 1 is 1.32 bits per heavy atom. The van der Waals surface area contributed by atoms with E-state index in [2.05, 4.69) is 36.6 Å². The van der Waals surface area contributed by atoms with Crippen LogP contribution >= 0.6 is 0 Å². The average molecular weight is 262 g/mol. The quantitative estimate of drug-likeness (QED) is 0.743. The van der Waals surface area contributed by atoms with Crippen LogP contribution in [0.25, 0.3) is 0 Å². The summed E-state index contributed by atoms with van der Waals surface area (Å²) in [6, 6.07) is 8.47. The van der Waals surface area contributed by atoms with E-state index in [1.54, 1.807) is 0 Å². The fraction of sp³-hybridized carbons (Fsp3) is 0.467. The number of carbonyl (C=O) groups excluding carboxylic acids is 2. The minimum absolute atomic E-state index is 0.180. The molecule has 0 aliphatic heterocycles. The molecule has 1 rings (SSSR count). The summed E-state index contributed by atoms with van der Waals surface area (Å²) in [6.45, 7) is 6.34. The molecule has 1 aromatic rings. The van der Waals surface area contributed by atoms with Gasteiger partial charge in [-0.15, -0.1) is 0 Å². The summed E-state index contributed by atoms with van der Waals surface area (Å²) in [6.07, 6.45) is 1.45. The van der Waals surface area contributed by atoms with Gasteiger partial charge in [-0.1, -0.05) is 26.0 Å². The number of amides is 2. The molecule has 2 amide bonds. The Balaban J connectivity index is 2.47. The van der Waals surface area contributed by atoms with E-state index in [0.29, 0.717) is 25.2 Å².